The van der Waals surface area contributed by atoms with E-state index in [0.29, 0.717) is 18.4 Å². The van der Waals surface area contributed by atoms with Crippen LogP contribution in [0.1, 0.15) is 36.0 Å². The number of carbonyl (C=O) groups is 2. The lowest BCUT2D eigenvalue weighted by Crippen LogP contribution is -2.44. The number of allylic oxidation sites excluding steroid dienone is 3. The topological polar surface area (TPSA) is 50.3 Å². The molecule has 2 heterocycles. The van der Waals surface area contributed by atoms with Gasteiger partial charge in [0.05, 0.1) is 6.54 Å². The van der Waals surface area contributed by atoms with Crippen LogP contribution in [0.2, 0.25) is 0 Å². The van der Waals surface area contributed by atoms with Gasteiger partial charge in [0.15, 0.2) is 0 Å². The zero-order valence-corrected chi connectivity index (χ0v) is 18.1. The van der Waals surface area contributed by atoms with Gasteiger partial charge in [0, 0.05) is 24.4 Å². The van der Waals surface area contributed by atoms with Crippen molar-refractivity contribution in [1.82, 2.24) is 9.88 Å². The van der Waals surface area contributed by atoms with E-state index < -0.39 is 0 Å². The summed E-state index contributed by atoms with van der Waals surface area (Å²) in [5.41, 5.74) is 4.97. The molecule has 1 fully saturated rings. The van der Waals surface area contributed by atoms with Crippen molar-refractivity contribution in [3.05, 3.63) is 113 Å². The van der Waals surface area contributed by atoms with Crippen molar-refractivity contribution in [2.75, 3.05) is 0 Å². The zero-order valence-electron chi connectivity index (χ0n) is 18.1. The highest BCUT2D eigenvalue weighted by Crippen LogP contribution is 2.44. The molecule has 1 aliphatic carbocycles. The molecular weight excluding hydrogens is 415 g/mol. The highest BCUT2D eigenvalue weighted by atomic mass is 19.1. The first-order valence-corrected chi connectivity index (χ1v) is 11.1. The van der Waals surface area contributed by atoms with Gasteiger partial charge in [-0.1, -0.05) is 48.5 Å². The van der Waals surface area contributed by atoms with Crippen molar-refractivity contribution in [1.29, 1.82) is 0 Å². The molecule has 0 N–H and O–H groups in total. The number of aromatic nitrogens is 1. The standard InChI is InChI=1S/C28H23FN2O2/c29-23-11-9-20(10-12-23)24-8-4-7-22-17-25(32)31(18-19-5-2-1-3-6-19)28(33)27(22)26(24)21-13-15-30-16-14-21/h1-3,5-6,8-16,22H,4,7,17-18H2. The molecule has 33 heavy (non-hydrogen) atoms. The number of hydrogen-bond donors (Lipinski definition) is 0. The highest BCUT2D eigenvalue weighted by Gasteiger charge is 2.40. The van der Waals surface area contributed by atoms with Gasteiger partial charge in [-0.2, -0.15) is 0 Å². The summed E-state index contributed by atoms with van der Waals surface area (Å²) in [5.74, 6) is -0.856. The van der Waals surface area contributed by atoms with E-state index in [1.165, 1.54) is 17.0 Å². The molecule has 1 atom stereocenters. The Kier molecular flexibility index (Phi) is 5.69. The molecule has 0 saturated carbocycles. The quantitative estimate of drug-likeness (QED) is 0.511. The maximum Gasteiger partial charge on any atom is 0.257 e. The summed E-state index contributed by atoms with van der Waals surface area (Å²) in [7, 11) is 0. The Bertz CT molecular complexity index is 1250. The normalized spacial score (nSPS) is 18.6. The Morgan fingerprint density at radius 3 is 2.36 bits per heavy atom. The molecule has 3 aromatic rings. The van der Waals surface area contributed by atoms with Crippen LogP contribution in [0.15, 0.2) is 90.8 Å². The van der Waals surface area contributed by atoms with E-state index in [1.807, 2.05) is 42.5 Å². The van der Waals surface area contributed by atoms with Crippen molar-refractivity contribution in [2.24, 2.45) is 5.92 Å². The van der Waals surface area contributed by atoms with Crippen molar-refractivity contribution < 1.29 is 14.0 Å². The van der Waals surface area contributed by atoms with E-state index in [-0.39, 0.29) is 30.1 Å². The monoisotopic (exact) mass is 438 g/mol. The number of benzene rings is 2. The average Bonchev–Trinajstić information content (AvgIpc) is 3.03. The molecule has 2 aromatic carbocycles. The van der Waals surface area contributed by atoms with Crippen LogP contribution in [-0.2, 0) is 16.1 Å². The van der Waals surface area contributed by atoms with E-state index in [0.717, 1.165) is 34.3 Å². The van der Waals surface area contributed by atoms with Gasteiger partial charge in [0.25, 0.3) is 5.91 Å². The maximum absolute atomic E-state index is 13.9. The number of nitrogens with zero attached hydrogens (tertiary/aromatic N) is 2. The second-order valence-electron chi connectivity index (χ2n) is 8.40. The summed E-state index contributed by atoms with van der Waals surface area (Å²) in [6.45, 7) is 0.244. The number of carbonyl (C=O) groups excluding carboxylic acids is 2. The minimum atomic E-state index is -0.308. The van der Waals surface area contributed by atoms with Crippen LogP contribution in [0.3, 0.4) is 0 Å². The molecule has 0 bridgehead atoms. The molecular formula is C28H23FN2O2. The molecule has 1 saturated heterocycles. The van der Waals surface area contributed by atoms with E-state index in [2.05, 4.69) is 11.1 Å². The van der Waals surface area contributed by atoms with Crippen LogP contribution in [-0.4, -0.2) is 21.7 Å². The third kappa shape index (κ3) is 4.14. The number of rotatable bonds is 4. The van der Waals surface area contributed by atoms with Crippen LogP contribution in [0, 0.1) is 11.7 Å². The fourth-order valence-electron chi connectivity index (χ4n) is 4.74. The fraction of sp³-hybridized carbons (Fsp3) is 0.179. The number of halogens is 1. The summed E-state index contributed by atoms with van der Waals surface area (Å²) < 4.78 is 13.6. The van der Waals surface area contributed by atoms with E-state index in [1.54, 1.807) is 24.5 Å². The van der Waals surface area contributed by atoms with Crippen LogP contribution in [0.25, 0.3) is 11.1 Å². The van der Waals surface area contributed by atoms with Gasteiger partial charge in [0.1, 0.15) is 5.82 Å². The molecule has 2 aliphatic rings. The van der Waals surface area contributed by atoms with Crippen LogP contribution < -0.4 is 0 Å². The largest absolute Gasteiger partial charge is 0.274 e. The SMILES string of the molecule is O=C1CC2CCC=C(c3ccc(F)cc3)C(c3ccncc3)=C2C(=O)N1Cc1ccccc1. The molecule has 5 rings (SSSR count). The molecule has 1 aliphatic heterocycles. The van der Waals surface area contributed by atoms with Gasteiger partial charge < -0.3 is 0 Å². The zero-order chi connectivity index (χ0) is 22.8. The number of likely N-dealkylation sites (tertiary alicyclic amines) is 1. The number of imide groups is 1. The molecule has 164 valence electrons. The van der Waals surface area contributed by atoms with Gasteiger partial charge in [-0.15, -0.1) is 0 Å². The average molecular weight is 439 g/mol. The second kappa shape index (κ2) is 8.94. The summed E-state index contributed by atoms with van der Waals surface area (Å²) >= 11 is 0. The minimum absolute atomic E-state index is 0.142. The van der Waals surface area contributed by atoms with E-state index in [4.69, 9.17) is 0 Å². The molecule has 5 heteroatoms. The number of piperidine rings is 1. The van der Waals surface area contributed by atoms with Crippen molar-refractivity contribution >= 4 is 23.0 Å². The van der Waals surface area contributed by atoms with Crippen molar-refractivity contribution in [2.45, 2.75) is 25.8 Å². The first kappa shape index (κ1) is 21.0. The van der Waals surface area contributed by atoms with E-state index in [9.17, 15) is 14.0 Å². The van der Waals surface area contributed by atoms with Crippen LogP contribution in [0.5, 0.6) is 0 Å². The minimum Gasteiger partial charge on any atom is -0.274 e. The Morgan fingerprint density at radius 2 is 1.64 bits per heavy atom. The first-order valence-electron chi connectivity index (χ1n) is 11.1. The summed E-state index contributed by atoms with van der Waals surface area (Å²) in [6, 6.07) is 19.7. The van der Waals surface area contributed by atoms with Gasteiger partial charge in [-0.25, -0.2) is 4.39 Å². The Balaban J connectivity index is 1.67. The lowest BCUT2D eigenvalue weighted by atomic mass is 9.80. The maximum atomic E-state index is 13.9. The fourth-order valence-corrected chi connectivity index (χ4v) is 4.74. The van der Waals surface area contributed by atoms with Gasteiger partial charge >= 0.3 is 0 Å². The summed E-state index contributed by atoms with van der Waals surface area (Å²) in [4.78, 5) is 32.4. The van der Waals surface area contributed by atoms with E-state index >= 15 is 0 Å². The Labute approximate surface area is 192 Å². The Morgan fingerprint density at radius 1 is 0.909 bits per heavy atom. The Hall–Kier alpha value is -3.86. The van der Waals surface area contributed by atoms with Crippen LogP contribution in [0.4, 0.5) is 4.39 Å². The number of hydrogen-bond acceptors (Lipinski definition) is 3. The third-order valence-electron chi connectivity index (χ3n) is 6.32. The van der Waals surface area contributed by atoms with Crippen molar-refractivity contribution in [3.8, 4) is 0 Å². The molecule has 4 nitrogen and oxygen atoms in total. The second-order valence-corrected chi connectivity index (χ2v) is 8.40. The summed E-state index contributed by atoms with van der Waals surface area (Å²) in [5, 5.41) is 0. The highest BCUT2D eigenvalue weighted by molar-refractivity contribution is 6.19. The number of amides is 2. The van der Waals surface area contributed by atoms with Gasteiger partial charge in [0.2, 0.25) is 5.91 Å². The lowest BCUT2D eigenvalue weighted by Gasteiger charge is -2.33. The summed E-state index contributed by atoms with van der Waals surface area (Å²) in [6.07, 6.45) is 7.25. The third-order valence-corrected chi connectivity index (χ3v) is 6.32. The molecule has 1 aromatic heterocycles. The predicted molar refractivity (Wildman–Crippen MR) is 125 cm³/mol. The molecule has 2 amide bonds. The van der Waals surface area contributed by atoms with Crippen LogP contribution >= 0.6 is 0 Å². The first-order chi connectivity index (χ1) is 16.1. The lowest BCUT2D eigenvalue weighted by molar-refractivity contribution is -0.146. The smallest absolute Gasteiger partial charge is 0.257 e. The number of pyridine rings is 1. The molecule has 0 spiro atoms. The predicted octanol–water partition coefficient (Wildman–Crippen LogP) is 5.43. The van der Waals surface area contributed by atoms with Gasteiger partial charge in [-0.3, -0.25) is 19.5 Å². The van der Waals surface area contributed by atoms with Crippen molar-refractivity contribution in [3.63, 3.8) is 0 Å². The van der Waals surface area contributed by atoms with Gasteiger partial charge in [-0.05, 0) is 70.9 Å². The number of fused-ring (bicyclic) bond motifs is 1. The molecule has 1 unspecified atom stereocenters. The molecule has 0 radical (unpaired) electrons.